The second-order valence-corrected chi connectivity index (χ2v) is 12.5. The molecule has 0 aliphatic carbocycles. The van der Waals surface area contributed by atoms with E-state index < -0.39 is 10.0 Å². The predicted molar refractivity (Wildman–Crippen MR) is 155 cm³/mol. The number of benzene rings is 2. The van der Waals surface area contributed by atoms with E-state index in [-0.39, 0.29) is 6.04 Å². The molecule has 0 bridgehead atoms. The van der Waals surface area contributed by atoms with Crippen molar-refractivity contribution in [3.05, 3.63) is 53.8 Å². The first-order valence-electron chi connectivity index (χ1n) is 12.7. The van der Waals surface area contributed by atoms with Gasteiger partial charge in [0.15, 0.2) is 5.11 Å². The third-order valence-electron chi connectivity index (χ3n) is 7.40. The summed E-state index contributed by atoms with van der Waals surface area (Å²) in [5.41, 5.74) is 2.53. The maximum atomic E-state index is 13.0. The third-order valence-corrected chi connectivity index (χ3v) is 10.0. The molecule has 0 spiro atoms. The van der Waals surface area contributed by atoms with Gasteiger partial charge >= 0.3 is 0 Å². The number of H-pyrrole nitrogens is 1. The van der Waals surface area contributed by atoms with Gasteiger partial charge in [0.2, 0.25) is 10.0 Å². The van der Waals surface area contributed by atoms with Crippen molar-refractivity contribution in [1.82, 2.24) is 24.2 Å². The van der Waals surface area contributed by atoms with E-state index >= 15 is 0 Å². The van der Waals surface area contributed by atoms with Crippen LogP contribution in [0.1, 0.15) is 19.8 Å². The van der Waals surface area contributed by atoms with E-state index in [2.05, 4.69) is 30.1 Å². The molecule has 0 radical (unpaired) electrons. The summed E-state index contributed by atoms with van der Waals surface area (Å²) in [5.74, 6) is 0.881. The summed E-state index contributed by atoms with van der Waals surface area (Å²) in [5, 5.41) is 6.52. The van der Waals surface area contributed by atoms with Gasteiger partial charge in [0.25, 0.3) is 0 Å². The van der Waals surface area contributed by atoms with Crippen LogP contribution in [0.2, 0.25) is 5.02 Å². The van der Waals surface area contributed by atoms with E-state index in [1.54, 1.807) is 34.9 Å². The zero-order valence-electron chi connectivity index (χ0n) is 20.9. The number of hydrogen-bond donors (Lipinski definition) is 2. The van der Waals surface area contributed by atoms with Gasteiger partial charge < -0.3 is 20.1 Å². The van der Waals surface area contributed by atoms with E-state index in [1.165, 1.54) is 0 Å². The molecule has 1 atom stereocenters. The van der Waals surface area contributed by atoms with Crippen LogP contribution in [0.25, 0.3) is 21.9 Å². The van der Waals surface area contributed by atoms with Gasteiger partial charge in [-0.05, 0) is 74.4 Å². The summed E-state index contributed by atoms with van der Waals surface area (Å²) >= 11 is 12.0. The predicted octanol–water partition coefficient (Wildman–Crippen LogP) is 4.46. The van der Waals surface area contributed by atoms with Crippen LogP contribution in [-0.4, -0.2) is 76.5 Å². The lowest BCUT2D eigenvalue weighted by atomic mass is 10.2. The largest absolute Gasteiger partial charge is 0.352 e. The van der Waals surface area contributed by atoms with Crippen molar-refractivity contribution in [2.75, 3.05) is 42.9 Å². The zero-order chi connectivity index (χ0) is 26.4. The molecule has 9 nitrogen and oxygen atoms in total. The number of hydrogen-bond acceptors (Lipinski definition) is 6. The number of piperazine rings is 1. The van der Waals surface area contributed by atoms with Crippen LogP contribution in [-0.2, 0) is 10.0 Å². The molecule has 0 saturated carbocycles. The number of fused-ring (bicyclic) bond motifs is 3. The molecular weight excluding hydrogens is 542 g/mol. The minimum Gasteiger partial charge on any atom is -0.352 e. The van der Waals surface area contributed by atoms with Crippen LogP contribution < -0.4 is 10.2 Å². The van der Waals surface area contributed by atoms with Gasteiger partial charge in [0.1, 0.15) is 17.8 Å². The van der Waals surface area contributed by atoms with Crippen LogP contribution >= 0.6 is 23.8 Å². The SMILES string of the molecule is CC1CCCN1S(=O)(=O)c1ccc(NC(=S)N2CCN(c3ncnc4[nH]c5ccc(Cl)cc5c34)CC2)cc1. The van der Waals surface area contributed by atoms with Crippen molar-refractivity contribution in [2.45, 2.75) is 30.7 Å². The van der Waals surface area contributed by atoms with Gasteiger partial charge in [-0.1, -0.05) is 11.6 Å². The summed E-state index contributed by atoms with van der Waals surface area (Å²) in [6, 6.07) is 12.6. The van der Waals surface area contributed by atoms with Crippen LogP contribution in [0, 0.1) is 0 Å². The molecule has 2 saturated heterocycles. The molecule has 2 aromatic heterocycles. The van der Waals surface area contributed by atoms with Crippen LogP contribution in [0.5, 0.6) is 0 Å². The van der Waals surface area contributed by atoms with Crippen LogP contribution in [0.15, 0.2) is 53.7 Å². The van der Waals surface area contributed by atoms with Crippen molar-refractivity contribution in [2.24, 2.45) is 0 Å². The van der Waals surface area contributed by atoms with Gasteiger partial charge in [0, 0.05) is 60.4 Å². The zero-order valence-corrected chi connectivity index (χ0v) is 23.3. The van der Waals surface area contributed by atoms with E-state index in [0.29, 0.717) is 21.6 Å². The third kappa shape index (κ3) is 4.57. The van der Waals surface area contributed by atoms with Crippen molar-refractivity contribution in [1.29, 1.82) is 0 Å². The maximum Gasteiger partial charge on any atom is 0.243 e. The minimum absolute atomic E-state index is 0.0382. The molecule has 1 unspecified atom stereocenters. The number of aromatic nitrogens is 3. The molecule has 4 heterocycles. The lowest BCUT2D eigenvalue weighted by Gasteiger charge is -2.37. The Morgan fingerprint density at radius 3 is 2.55 bits per heavy atom. The lowest BCUT2D eigenvalue weighted by molar-refractivity contribution is 0.390. The van der Waals surface area contributed by atoms with E-state index in [0.717, 1.165) is 72.5 Å². The highest BCUT2D eigenvalue weighted by Crippen LogP contribution is 2.33. The highest BCUT2D eigenvalue weighted by Gasteiger charge is 2.32. The Bertz CT molecular complexity index is 1620. The summed E-state index contributed by atoms with van der Waals surface area (Å²) in [4.78, 5) is 17.1. The number of halogens is 1. The van der Waals surface area contributed by atoms with E-state index in [4.69, 9.17) is 23.8 Å². The van der Waals surface area contributed by atoms with E-state index in [1.807, 2.05) is 25.1 Å². The van der Waals surface area contributed by atoms with Gasteiger partial charge in [-0.25, -0.2) is 18.4 Å². The molecule has 4 aromatic rings. The Hall–Kier alpha value is -2.99. The molecule has 38 heavy (non-hydrogen) atoms. The fourth-order valence-corrected chi connectivity index (χ4v) is 7.52. The number of anilines is 2. The quantitative estimate of drug-likeness (QED) is 0.348. The maximum absolute atomic E-state index is 13.0. The molecule has 2 aromatic carbocycles. The molecule has 2 aliphatic rings. The Balaban J connectivity index is 1.12. The standard InChI is InChI=1S/C26H28ClN7O2S2/c1-17-3-2-10-34(17)38(35,36)20-7-5-19(6-8-20)30-26(37)33-13-11-32(12-14-33)25-23-21-15-18(27)4-9-22(21)31-24(23)28-16-29-25/h4-9,15-17H,2-3,10-14H2,1H3,(H,30,37)(H,28,29,31). The minimum atomic E-state index is -3.48. The van der Waals surface area contributed by atoms with Crippen molar-refractivity contribution in [3.8, 4) is 0 Å². The average molecular weight is 570 g/mol. The first-order valence-corrected chi connectivity index (χ1v) is 14.9. The first-order chi connectivity index (χ1) is 18.3. The normalized spacial score (nSPS) is 18.9. The smallest absolute Gasteiger partial charge is 0.243 e. The Morgan fingerprint density at radius 1 is 1.08 bits per heavy atom. The topological polar surface area (TPSA) is 97.5 Å². The Kier molecular flexibility index (Phi) is 6.63. The van der Waals surface area contributed by atoms with Gasteiger partial charge in [-0.2, -0.15) is 4.31 Å². The summed E-state index contributed by atoms with van der Waals surface area (Å²) in [6.45, 7) is 5.47. The molecule has 2 N–H and O–H groups in total. The molecule has 198 valence electrons. The second-order valence-electron chi connectivity index (χ2n) is 9.77. The van der Waals surface area contributed by atoms with Crippen molar-refractivity contribution < 1.29 is 8.42 Å². The number of sulfonamides is 1. The summed E-state index contributed by atoms with van der Waals surface area (Å²) < 4.78 is 27.5. The lowest BCUT2D eigenvalue weighted by Crippen LogP contribution is -2.50. The van der Waals surface area contributed by atoms with E-state index in [9.17, 15) is 8.42 Å². The molecule has 6 rings (SSSR count). The average Bonchev–Trinajstić information content (AvgIpc) is 3.52. The summed E-state index contributed by atoms with van der Waals surface area (Å²) in [7, 11) is -3.48. The number of nitrogens with one attached hydrogen (secondary N) is 2. The van der Waals surface area contributed by atoms with Gasteiger partial charge in [-0.3, -0.25) is 0 Å². The number of nitrogens with zero attached hydrogens (tertiary/aromatic N) is 5. The van der Waals surface area contributed by atoms with Crippen molar-refractivity contribution >= 4 is 72.4 Å². The van der Waals surface area contributed by atoms with Crippen molar-refractivity contribution in [3.63, 3.8) is 0 Å². The fourth-order valence-electron chi connectivity index (χ4n) is 5.35. The fraction of sp³-hybridized carbons (Fsp3) is 0.346. The van der Waals surface area contributed by atoms with Gasteiger partial charge in [-0.15, -0.1) is 0 Å². The monoisotopic (exact) mass is 569 g/mol. The molecule has 0 amide bonds. The summed E-state index contributed by atoms with van der Waals surface area (Å²) in [6.07, 6.45) is 3.39. The number of thiocarbonyl (C=S) groups is 1. The van der Waals surface area contributed by atoms with Crippen LogP contribution in [0.3, 0.4) is 0 Å². The first kappa shape index (κ1) is 25.3. The number of rotatable bonds is 4. The number of aromatic amines is 1. The Morgan fingerprint density at radius 2 is 1.84 bits per heavy atom. The molecular formula is C26H28ClN7O2S2. The second kappa shape index (κ2) is 9.96. The molecule has 2 fully saturated rings. The molecule has 2 aliphatic heterocycles. The highest BCUT2D eigenvalue weighted by molar-refractivity contribution is 7.89. The van der Waals surface area contributed by atoms with Gasteiger partial charge in [0.05, 0.1) is 10.3 Å². The highest BCUT2D eigenvalue weighted by atomic mass is 35.5. The van der Waals surface area contributed by atoms with Crippen LogP contribution in [0.4, 0.5) is 11.5 Å². The Labute approximate surface area is 231 Å². The molecule has 12 heteroatoms.